The molecule has 2 aromatic rings. The monoisotopic (exact) mass is 423 g/mol. The lowest BCUT2D eigenvalue weighted by molar-refractivity contribution is -0.123. The van der Waals surface area contributed by atoms with Crippen LogP contribution in [0.5, 0.6) is 0 Å². The zero-order valence-corrected chi connectivity index (χ0v) is 17.2. The Balaban J connectivity index is 1.20. The zero-order chi connectivity index (χ0) is 20.8. The lowest BCUT2D eigenvalue weighted by Crippen LogP contribution is -2.32. The lowest BCUT2D eigenvalue weighted by atomic mass is 9.85. The molecule has 2 heterocycles. The maximum Gasteiger partial charge on any atom is 0.321 e. The molecule has 0 radical (unpaired) electrons. The van der Waals surface area contributed by atoms with Gasteiger partial charge in [-0.2, -0.15) is 0 Å². The van der Waals surface area contributed by atoms with E-state index in [0.29, 0.717) is 17.4 Å². The summed E-state index contributed by atoms with van der Waals surface area (Å²) in [5.41, 5.74) is 1.45. The molecule has 2 fully saturated rings. The molecule has 1 aromatic heterocycles. The number of fused-ring (bicyclic) bond motifs is 5. The van der Waals surface area contributed by atoms with Crippen LogP contribution in [0.3, 0.4) is 0 Å². The smallest absolute Gasteiger partial charge is 0.321 e. The number of amides is 4. The molecule has 154 valence electrons. The van der Waals surface area contributed by atoms with Gasteiger partial charge in [-0.15, -0.1) is 10.2 Å². The summed E-state index contributed by atoms with van der Waals surface area (Å²) in [6.07, 6.45) is 5.87. The molecule has 4 unspecified atom stereocenters. The average molecular weight is 423 g/mol. The summed E-state index contributed by atoms with van der Waals surface area (Å²) < 4.78 is 0. The molecule has 30 heavy (non-hydrogen) atoms. The molecule has 8 nitrogen and oxygen atoms in total. The first kappa shape index (κ1) is 18.9. The van der Waals surface area contributed by atoms with Gasteiger partial charge in [-0.25, -0.2) is 4.79 Å². The van der Waals surface area contributed by atoms with E-state index < -0.39 is 0 Å². The molecule has 2 N–H and O–H groups in total. The molecule has 9 heteroatoms. The Morgan fingerprint density at radius 1 is 1.10 bits per heavy atom. The zero-order valence-electron chi connectivity index (χ0n) is 16.4. The maximum atomic E-state index is 12.9. The molecule has 0 spiro atoms. The SMILES string of the molecule is CCc1nnc(NC(=O)NCc2ccc(N3C(=O)C4C5C=CC(C5)C4C3=O)cc2)s1. The number of hydrogen-bond donors (Lipinski definition) is 2. The van der Waals surface area contributed by atoms with Gasteiger partial charge in [0.25, 0.3) is 0 Å². The van der Waals surface area contributed by atoms with Crippen molar-refractivity contribution in [1.29, 1.82) is 0 Å². The van der Waals surface area contributed by atoms with Crippen molar-refractivity contribution in [2.45, 2.75) is 26.3 Å². The largest absolute Gasteiger partial charge is 0.334 e. The maximum absolute atomic E-state index is 12.9. The van der Waals surface area contributed by atoms with E-state index in [1.54, 1.807) is 12.1 Å². The first-order valence-electron chi connectivity index (χ1n) is 10.1. The van der Waals surface area contributed by atoms with Crippen molar-refractivity contribution in [1.82, 2.24) is 15.5 Å². The van der Waals surface area contributed by atoms with Crippen LogP contribution >= 0.6 is 11.3 Å². The first-order chi connectivity index (χ1) is 14.5. The second-order valence-corrected chi connectivity index (χ2v) is 8.90. The normalized spacial score (nSPS) is 26.4. The Kier molecular flexibility index (Phi) is 4.62. The van der Waals surface area contributed by atoms with Crippen LogP contribution in [-0.4, -0.2) is 28.0 Å². The Labute approximate surface area is 177 Å². The van der Waals surface area contributed by atoms with E-state index in [1.807, 2.05) is 19.1 Å². The molecule has 1 saturated carbocycles. The molecule has 2 bridgehead atoms. The molecule has 4 atom stereocenters. The standard InChI is InChI=1S/C21H21N5O3S/c1-2-15-24-25-21(30-15)23-20(29)22-10-11-3-7-14(8-4-11)26-18(27)16-12-5-6-13(9-12)17(16)19(26)28/h3-8,12-13,16-17H,2,9-10H2,1H3,(H2,22,23,25,29). The van der Waals surface area contributed by atoms with Crippen molar-refractivity contribution in [3.8, 4) is 0 Å². The van der Waals surface area contributed by atoms with Gasteiger partial charge in [-0.3, -0.25) is 19.8 Å². The Morgan fingerprint density at radius 3 is 2.37 bits per heavy atom. The summed E-state index contributed by atoms with van der Waals surface area (Å²) >= 11 is 1.34. The summed E-state index contributed by atoms with van der Waals surface area (Å²) in [5, 5.41) is 14.6. The van der Waals surface area contributed by atoms with Crippen LogP contribution in [0, 0.1) is 23.7 Å². The second kappa shape index (κ2) is 7.32. The molecule has 1 saturated heterocycles. The van der Waals surface area contributed by atoms with Gasteiger partial charge in [-0.1, -0.05) is 42.5 Å². The lowest BCUT2D eigenvalue weighted by Gasteiger charge is -2.17. The van der Waals surface area contributed by atoms with Crippen molar-refractivity contribution in [3.05, 3.63) is 47.0 Å². The average Bonchev–Trinajstić information content (AvgIpc) is 3.52. The van der Waals surface area contributed by atoms with E-state index in [9.17, 15) is 14.4 Å². The molecule has 3 aliphatic rings. The van der Waals surface area contributed by atoms with E-state index in [0.717, 1.165) is 23.4 Å². The summed E-state index contributed by atoms with van der Waals surface area (Å²) in [6, 6.07) is 6.80. The van der Waals surface area contributed by atoms with Crippen LogP contribution < -0.4 is 15.5 Å². The minimum atomic E-state index is -0.362. The van der Waals surface area contributed by atoms with Crippen LogP contribution in [0.25, 0.3) is 0 Å². The number of hydrogen-bond acceptors (Lipinski definition) is 6. The fraction of sp³-hybridized carbons (Fsp3) is 0.381. The van der Waals surface area contributed by atoms with Crippen LogP contribution in [-0.2, 0) is 22.6 Å². The Morgan fingerprint density at radius 2 is 1.77 bits per heavy atom. The fourth-order valence-corrected chi connectivity index (χ4v) is 5.36. The highest BCUT2D eigenvalue weighted by atomic mass is 32.1. The number of carbonyl (C=O) groups excluding carboxylic acids is 3. The molecule has 4 amide bonds. The first-order valence-corrected chi connectivity index (χ1v) is 10.9. The van der Waals surface area contributed by atoms with Crippen molar-refractivity contribution in [2.24, 2.45) is 23.7 Å². The molecule has 1 aromatic carbocycles. The highest BCUT2D eigenvalue weighted by Gasteiger charge is 2.59. The summed E-state index contributed by atoms with van der Waals surface area (Å²) in [7, 11) is 0. The summed E-state index contributed by atoms with van der Waals surface area (Å²) in [5.74, 6) is -0.182. The third kappa shape index (κ3) is 3.09. The number of nitrogens with one attached hydrogen (secondary N) is 2. The number of urea groups is 1. The highest BCUT2D eigenvalue weighted by Crippen LogP contribution is 2.53. The van der Waals surface area contributed by atoms with E-state index >= 15 is 0 Å². The molecule has 2 aliphatic carbocycles. The van der Waals surface area contributed by atoms with Crippen molar-refractivity contribution >= 4 is 40.0 Å². The summed E-state index contributed by atoms with van der Waals surface area (Å²) in [4.78, 5) is 39.1. The van der Waals surface area contributed by atoms with Gasteiger partial charge in [0.2, 0.25) is 16.9 Å². The van der Waals surface area contributed by atoms with E-state index in [4.69, 9.17) is 0 Å². The fourth-order valence-electron chi connectivity index (χ4n) is 4.69. The minimum Gasteiger partial charge on any atom is -0.334 e. The van der Waals surface area contributed by atoms with Gasteiger partial charge >= 0.3 is 6.03 Å². The Hall–Kier alpha value is -3.07. The second-order valence-electron chi connectivity index (χ2n) is 7.84. The molecule has 1 aliphatic heterocycles. The van der Waals surface area contributed by atoms with E-state index in [-0.39, 0.29) is 41.5 Å². The van der Waals surface area contributed by atoms with E-state index in [1.165, 1.54) is 16.2 Å². The number of benzene rings is 1. The topological polar surface area (TPSA) is 104 Å². The van der Waals surface area contributed by atoms with Crippen LogP contribution in [0.1, 0.15) is 23.9 Å². The molecular formula is C21H21N5O3S. The number of imide groups is 1. The third-order valence-corrected chi connectivity index (χ3v) is 7.09. The highest BCUT2D eigenvalue weighted by molar-refractivity contribution is 7.15. The van der Waals surface area contributed by atoms with Gasteiger partial charge in [0.15, 0.2) is 0 Å². The van der Waals surface area contributed by atoms with Crippen LogP contribution in [0.15, 0.2) is 36.4 Å². The molecular weight excluding hydrogens is 402 g/mol. The van der Waals surface area contributed by atoms with Crippen molar-refractivity contribution < 1.29 is 14.4 Å². The number of anilines is 2. The number of rotatable bonds is 5. The molecule has 5 rings (SSSR count). The quantitative estimate of drug-likeness (QED) is 0.568. The van der Waals surface area contributed by atoms with Crippen LogP contribution in [0.4, 0.5) is 15.6 Å². The van der Waals surface area contributed by atoms with Crippen molar-refractivity contribution in [2.75, 3.05) is 10.2 Å². The Bertz CT molecular complexity index is 1020. The van der Waals surface area contributed by atoms with Gasteiger partial charge in [0, 0.05) is 6.54 Å². The number of allylic oxidation sites excluding steroid dienone is 2. The van der Waals surface area contributed by atoms with Gasteiger partial charge in [0.1, 0.15) is 5.01 Å². The minimum absolute atomic E-state index is 0.0874. The predicted molar refractivity (Wildman–Crippen MR) is 112 cm³/mol. The number of aryl methyl sites for hydroxylation is 1. The van der Waals surface area contributed by atoms with E-state index in [2.05, 4.69) is 33.0 Å². The van der Waals surface area contributed by atoms with Crippen LogP contribution in [0.2, 0.25) is 0 Å². The predicted octanol–water partition coefficient (Wildman–Crippen LogP) is 2.73. The number of aromatic nitrogens is 2. The van der Waals surface area contributed by atoms with Crippen molar-refractivity contribution in [3.63, 3.8) is 0 Å². The third-order valence-electron chi connectivity index (χ3n) is 6.11. The van der Waals surface area contributed by atoms with Gasteiger partial charge < -0.3 is 5.32 Å². The number of carbonyl (C=O) groups is 3. The summed E-state index contributed by atoms with van der Waals surface area (Å²) in [6.45, 7) is 2.29. The number of nitrogens with zero attached hydrogens (tertiary/aromatic N) is 3. The van der Waals surface area contributed by atoms with Gasteiger partial charge in [-0.05, 0) is 42.4 Å². The van der Waals surface area contributed by atoms with Gasteiger partial charge in [0.05, 0.1) is 17.5 Å².